The molecule has 3 heterocycles. The van der Waals surface area contributed by atoms with E-state index in [9.17, 15) is 4.79 Å². The molecule has 2 saturated heterocycles. The van der Waals surface area contributed by atoms with Gasteiger partial charge in [0.15, 0.2) is 0 Å². The summed E-state index contributed by atoms with van der Waals surface area (Å²) in [5.74, 6) is 0.102. The Balaban J connectivity index is 1.41. The van der Waals surface area contributed by atoms with Crippen molar-refractivity contribution in [2.45, 2.75) is 63.7 Å². The largest absolute Gasteiger partial charge is 0.348 e. The average molecular weight is 355 g/mol. The van der Waals surface area contributed by atoms with Crippen LogP contribution in [0.25, 0.3) is 0 Å². The van der Waals surface area contributed by atoms with E-state index >= 15 is 0 Å². The summed E-state index contributed by atoms with van der Waals surface area (Å²) in [6.45, 7) is 3.18. The second-order valence-corrected chi connectivity index (χ2v) is 8.46. The highest BCUT2D eigenvalue weighted by molar-refractivity contribution is 7.12. The summed E-state index contributed by atoms with van der Waals surface area (Å²) in [5.41, 5.74) is 2.72. The molecule has 2 atom stereocenters. The Morgan fingerprint density at radius 2 is 1.88 bits per heavy atom. The molecular weight excluding hydrogens is 328 g/mol. The first kappa shape index (κ1) is 16.8. The summed E-state index contributed by atoms with van der Waals surface area (Å²) in [5, 5.41) is 5.25. The Labute approximate surface area is 154 Å². The van der Waals surface area contributed by atoms with Gasteiger partial charge in [0.1, 0.15) is 0 Å². The smallest absolute Gasteiger partial charge is 0.261 e. The molecule has 2 aliphatic heterocycles. The number of thiophene rings is 1. The number of carbonyl (C=O) groups excluding carboxylic acids is 1. The van der Waals surface area contributed by atoms with Crippen LogP contribution in [0, 0.1) is 6.92 Å². The van der Waals surface area contributed by atoms with E-state index in [-0.39, 0.29) is 5.91 Å². The van der Waals surface area contributed by atoms with Crippen molar-refractivity contribution in [2.75, 3.05) is 0 Å². The summed E-state index contributed by atoms with van der Waals surface area (Å²) in [6, 6.07) is 14.3. The topological polar surface area (TPSA) is 32.3 Å². The Hall–Kier alpha value is -1.65. The van der Waals surface area contributed by atoms with E-state index in [1.165, 1.54) is 41.7 Å². The Kier molecular flexibility index (Phi) is 4.91. The number of benzene rings is 1. The number of nitrogens with zero attached hydrogens (tertiary/aromatic N) is 1. The second kappa shape index (κ2) is 7.30. The number of amides is 1. The maximum Gasteiger partial charge on any atom is 0.261 e. The van der Waals surface area contributed by atoms with Crippen LogP contribution in [0.15, 0.2) is 41.8 Å². The van der Waals surface area contributed by atoms with Crippen LogP contribution in [-0.4, -0.2) is 28.9 Å². The van der Waals surface area contributed by atoms with E-state index in [1.54, 1.807) is 0 Å². The van der Waals surface area contributed by atoms with Crippen LogP contribution >= 0.6 is 11.3 Å². The zero-order valence-corrected chi connectivity index (χ0v) is 15.6. The first-order chi connectivity index (χ1) is 12.2. The van der Waals surface area contributed by atoms with Gasteiger partial charge < -0.3 is 5.32 Å². The lowest BCUT2D eigenvalue weighted by Gasteiger charge is -2.49. The molecule has 25 heavy (non-hydrogen) atoms. The fraction of sp³-hybridized carbons (Fsp3) is 0.476. The summed E-state index contributed by atoms with van der Waals surface area (Å²) in [6.07, 6.45) is 6.01. The van der Waals surface area contributed by atoms with Crippen molar-refractivity contribution in [3.8, 4) is 0 Å². The summed E-state index contributed by atoms with van der Waals surface area (Å²) in [4.78, 5) is 15.9. The molecule has 2 unspecified atom stereocenters. The normalized spacial score (nSPS) is 26.4. The van der Waals surface area contributed by atoms with Crippen molar-refractivity contribution in [2.24, 2.45) is 0 Å². The Morgan fingerprint density at radius 1 is 1.16 bits per heavy atom. The third-order valence-corrected chi connectivity index (χ3v) is 6.56. The van der Waals surface area contributed by atoms with E-state index in [1.807, 2.05) is 17.5 Å². The predicted octanol–water partition coefficient (Wildman–Crippen LogP) is 4.37. The minimum Gasteiger partial charge on any atom is -0.348 e. The number of aryl methyl sites for hydroxylation is 1. The fourth-order valence-corrected chi connectivity index (χ4v) is 5.05. The Morgan fingerprint density at radius 3 is 2.52 bits per heavy atom. The van der Waals surface area contributed by atoms with Crippen LogP contribution in [0.4, 0.5) is 0 Å². The van der Waals surface area contributed by atoms with Crippen molar-refractivity contribution < 1.29 is 4.79 Å². The van der Waals surface area contributed by atoms with Crippen molar-refractivity contribution >= 4 is 17.2 Å². The highest BCUT2D eigenvalue weighted by atomic mass is 32.1. The lowest BCUT2D eigenvalue weighted by molar-refractivity contribution is 0.0177. The molecule has 1 N–H and O–H groups in total. The van der Waals surface area contributed by atoms with Gasteiger partial charge >= 0.3 is 0 Å². The zero-order valence-electron chi connectivity index (χ0n) is 14.8. The summed E-state index contributed by atoms with van der Waals surface area (Å²) in [7, 11) is 0. The molecule has 0 spiro atoms. The van der Waals surface area contributed by atoms with Gasteiger partial charge in [-0.15, -0.1) is 11.3 Å². The van der Waals surface area contributed by atoms with Gasteiger partial charge in [-0.1, -0.05) is 42.3 Å². The molecule has 2 fully saturated rings. The first-order valence-corrected chi connectivity index (χ1v) is 10.2. The molecule has 1 aromatic heterocycles. The molecule has 2 bridgehead atoms. The van der Waals surface area contributed by atoms with E-state index in [0.717, 1.165) is 24.3 Å². The molecule has 4 heteroatoms. The molecule has 1 amide bonds. The third kappa shape index (κ3) is 3.80. The van der Waals surface area contributed by atoms with Gasteiger partial charge in [-0.3, -0.25) is 9.69 Å². The molecule has 1 aromatic carbocycles. The van der Waals surface area contributed by atoms with Crippen LogP contribution in [-0.2, 0) is 6.54 Å². The molecule has 2 aliphatic rings. The number of hydrogen-bond donors (Lipinski definition) is 1. The minimum absolute atomic E-state index is 0.102. The molecule has 0 radical (unpaired) electrons. The van der Waals surface area contributed by atoms with E-state index in [0.29, 0.717) is 18.1 Å². The molecule has 0 saturated carbocycles. The molecular formula is C21H26N2OS. The van der Waals surface area contributed by atoms with Crippen molar-refractivity contribution in [1.82, 2.24) is 10.2 Å². The van der Waals surface area contributed by atoms with Gasteiger partial charge in [0, 0.05) is 24.7 Å². The quantitative estimate of drug-likeness (QED) is 0.884. The highest BCUT2D eigenvalue weighted by Crippen LogP contribution is 2.35. The lowest BCUT2D eigenvalue weighted by Crippen LogP contribution is -2.56. The Bertz CT molecular complexity index is 696. The second-order valence-electron chi connectivity index (χ2n) is 7.52. The van der Waals surface area contributed by atoms with E-state index < -0.39 is 0 Å². The predicted molar refractivity (Wildman–Crippen MR) is 103 cm³/mol. The van der Waals surface area contributed by atoms with Gasteiger partial charge in [-0.25, -0.2) is 0 Å². The molecule has 4 rings (SSSR count). The monoisotopic (exact) mass is 354 g/mol. The standard InChI is InChI=1S/C21H26N2OS/c1-15-7-9-16(10-8-15)14-23-18-4-2-5-19(23)13-17(12-18)22-21(24)20-6-3-11-25-20/h3,6-11,17-19H,2,4-5,12-14H2,1H3,(H,22,24). The molecule has 3 nitrogen and oxygen atoms in total. The van der Waals surface area contributed by atoms with Crippen LogP contribution in [0.1, 0.15) is 52.9 Å². The maximum absolute atomic E-state index is 12.4. The minimum atomic E-state index is 0.102. The number of rotatable bonds is 4. The van der Waals surface area contributed by atoms with Crippen LogP contribution < -0.4 is 5.32 Å². The van der Waals surface area contributed by atoms with Gasteiger partial charge in [0.05, 0.1) is 4.88 Å². The van der Waals surface area contributed by atoms with Gasteiger partial charge in [0.25, 0.3) is 5.91 Å². The number of hydrogen-bond acceptors (Lipinski definition) is 3. The van der Waals surface area contributed by atoms with Gasteiger partial charge in [-0.2, -0.15) is 0 Å². The molecule has 0 aliphatic carbocycles. The van der Waals surface area contributed by atoms with Crippen molar-refractivity contribution in [3.05, 3.63) is 57.8 Å². The zero-order chi connectivity index (χ0) is 17.2. The van der Waals surface area contributed by atoms with E-state index in [2.05, 4.69) is 41.4 Å². The van der Waals surface area contributed by atoms with Crippen molar-refractivity contribution in [3.63, 3.8) is 0 Å². The number of piperidine rings is 2. The third-order valence-electron chi connectivity index (χ3n) is 5.69. The average Bonchev–Trinajstić information content (AvgIpc) is 3.12. The van der Waals surface area contributed by atoms with Gasteiger partial charge in [-0.05, 0) is 49.6 Å². The summed E-state index contributed by atoms with van der Waals surface area (Å²) >= 11 is 1.52. The van der Waals surface area contributed by atoms with Crippen molar-refractivity contribution in [1.29, 1.82) is 0 Å². The number of fused-ring (bicyclic) bond motifs is 2. The number of carbonyl (C=O) groups is 1. The van der Waals surface area contributed by atoms with Crippen LogP contribution in [0.3, 0.4) is 0 Å². The summed E-state index contributed by atoms with van der Waals surface area (Å²) < 4.78 is 0. The maximum atomic E-state index is 12.4. The first-order valence-electron chi connectivity index (χ1n) is 9.35. The fourth-order valence-electron chi connectivity index (χ4n) is 4.42. The number of nitrogens with one attached hydrogen (secondary N) is 1. The lowest BCUT2D eigenvalue weighted by atomic mass is 9.81. The highest BCUT2D eigenvalue weighted by Gasteiger charge is 2.38. The van der Waals surface area contributed by atoms with Crippen LogP contribution in [0.2, 0.25) is 0 Å². The van der Waals surface area contributed by atoms with E-state index in [4.69, 9.17) is 0 Å². The molecule has 2 aromatic rings. The molecule has 132 valence electrons. The SMILES string of the molecule is Cc1ccc(CN2C3CCCC2CC(NC(=O)c2cccs2)C3)cc1. The van der Waals surface area contributed by atoms with Gasteiger partial charge in [0.2, 0.25) is 0 Å². The van der Waals surface area contributed by atoms with Crippen LogP contribution in [0.5, 0.6) is 0 Å².